The van der Waals surface area contributed by atoms with Gasteiger partial charge in [0.25, 0.3) is 5.91 Å². The minimum absolute atomic E-state index is 0.0995. The Kier molecular flexibility index (Phi) is 4.99. The SMILES string of the molecule is O=C(Nc1nc2cc(C(F)(F)F)ccc2n1Cc1ccccc1)c1ccc(F)cc1. The average Bonchev–Trinajstić information content (AvgIpc) is 3.05. The number of halogens is 4. The fourth-order valence-electron chi connectivity index (χ4n) is 3.10. The summed E-state index contributed by atoms with van der Waals surface area (Å²) in [5.74, 6) is -0.930. The number of hydrogen-bond acceptors (Lipinski definition) is 2. The van der Waals surface area contributed by atoms with Gasteiger partial charge in [0.1, 0.15) is 5.82 Å². The fourth-order valence-corrected chi connectivity index (χ4v) is 3.10. The molecule has 0 unspecified atom stereocenters. The molecule has 0 aliphatic carbocycles. The quantitative estimate of drug-likeness (QED) is 0.450. The van der Waals surface area contributed by atoms with E-state index in [4.69, 9.17) is 0 Å². The van der Waals surface area contributed by atoms with Gasteiger partial charge in [-0.25, -0.2) is 9.37 Å². The highest BCUT2D eigenvalue weighted by Gasteiger charge is 2.31. The van der Waals surface area contributed by atoms with Crippen molar-refractivity contribution in [1.29, 1.82) is 0 Å². The molecule has 4 aromatic rings. The standard InChI is InChI=1S/C22H15F4N3O/c23-17-9-6-15(7-10-17)20(30)28-21-27-18-12-16(22(24,25)26)8-11-19(18)29(21)13-14-4-2-1-3-5-14/h1-12H,13H2,(H,27,28,30). The second-order valence-electron chi connectivity index (χ2n) is 6.67. The Morgan fingerprint density at radius 2 is 1.67 bits per heavy atom. The molecule has 0 spiro atoms. The number of carbonyl (C=O) groups is 1. The number of imidazole rings is 1. The summed E-state index contributed by atoms with van der Waals surface area (Å²) in [5, 5.41) is 2.62. The number of fused-ring (bicyclic) bond motifs is 1. The average molecular weight is 413 g/mol. The Morgan fingerprint density at radius 1 is 0.967 bits per heavy atom. The molecule has 0 fully saturated rings. The van der Waals surface area contributed by atoms with Crippen molar-refractivity contribution < 1.29 is 22.4 Å². The van der Waals surface area contributed by atoms with Crippen LogP contribution in [0.3, 0.4) is 0 Å². The number of nitrogens with zero attached hydrogens (tertiary/aromatic N) is 2. The number of anilines is 1. The summed E-state index contributed by atoms with van der Waals surface area (Å²) in [6.07, 6.45) is -4.51. The highest BCUT2D eigenvalue weighted by molar-refractivity contribution is 6.04. The zero-order valence-electron chi connectivity index (χ0n) is 15.4. The maximum Gasteiger partial charge on any atom is 0.416 e. The van der Waals surface area contributed by atoms with Gasteiger partial charge >= 0.3 is 6.18 Å². The van der Waals surface area contributed by atoms with Gasteiger partial charge in [0.2, 0.25) is 5.95 Å². The second kappa shape index (κ2) is 7.62. The highest BCUT2D eigenvalue weighted by Crippen LogP contribution is 2.32. The lowest BCUT2D eigenvalue weighted by Crippen LogP contribution is -2.16. The molecule has 1 amide bonds. The number of benzene rings is 3. The molecule has 3 aromatic carbocycles. The van der Waals surface area contributed by atoms with Crippen molar-refractivity contribution in [2.45, 2.75) is 12.7 Å². The first-order chi connectivity index (χ1) is 14.3. The molecule has 1 N–H and O–H groups in total. The van der Waals surface area contributed by atoms with Crippen molar-refractivity contribution >= 4 is 22.9 Å². The summed E-state index contributed by atoms with van der Waals surface area (Å²) in [4.78, 5) is 16.8. The van der Waals surface area contributed by atoms with Crippen molar-refractivity contribution in [3.8, 4) is 0 Å². The summed E-state index contributed by atoms with van der Waals surface area (Å²) in [6, 6.07) is 17.5. The van der Waals surface area contributed by atoms with Gasteiger partial charge in [0, 0.05) is 5.56 Å². The van der Waals surface area contributed by atoms with Gasteiger partial charge in [0.15, 0.2) is 0 Å². The van der Waals surface area contributed by atoms with E-state index in [0.29, 0.717) is 12.1 Å². The third-order valence-electron chi connectivity index (χ3n) is 4.59. The van der Waals surface area contributed by atoms with Crippen LogP contribution in [0.2, 0.25) is 0 Å². The predicted octanol–water partition coefficient (Wildman–Crippen LogP) is 5.49. The van der Waals surface area contributed by atoms with Gasteiger partial charge < -0.3 is 4.57 Å². The normalized spacial score (nSPS) is 11.6. The molecule has 1 aromatic heterocycles. The molecule has 4 nitrogen and oxygen atoms in total. The van der Waals surface area contributed by atoms with Gasteiger partial charge in [-0.15, -0.1) is 0 Å². The zero-order valence-corrected chi connectivity index (χ0v) is 15.4. The van der Waals surface area contributed by atoms with Crippen LogP contribution in [0.1, 0.15) is 21.5 Å². The molecule has 0 radical (unpaired) electrons. The molecular formula is C22H15F4N3O. The van der Waals surface area contributed by atoms with Crippen LogP contribution in [-0.2, 0) is 12.7 Å². The summed E-state index contributed by atoms with van der Waals surface area (Å²) in [7, 11) is 0. The van der Waals surface area contributed by atoms with E-state index in [-0.39, 0.29) is 17.0 Å². The van der Waals surface area contributed by atoms with E-state index in [2.05, 4.69) is 10.3 Å². The van der Waals surface area contributed by atoms with Crippen LogP contribution in [-0.4, -0.2) is 15.5 Å². The maximum atomic E-state index is 13.1. The van der Waals surface area contributed by atoms with Gasteiger partial charge in [0.05, 0.1) is 23.1 Å². The fraction of sp³-hybridized carbons (Fsp3) is 0.0909. The minimum Gasteiger partial charge on any atom is -0.305 e. The molecule has 0 bridgehead atoms. The van der Waals surface area contributed by atoms with E-state index in [0.717, 1.165) is 29.8 Å². The lowest BCUT2D eigenvalue weighted by atomic mass is 10.2. The Hall–Kier alpha value is -3.68. The largest absolute Gasteiger partial charge is 0.416 e. The van der Waals surface area contributed by atoms with Crippen molar-refractivity contribution in [3.05, 3.63) is 95.3 Å². The molecule has 1 heterocycles. The number of rotatable bonds is 4. The number of hydrogen-bond donors (Lipinski definition) is 1. The van der Waals surface area contributed by atoms with Crippen LogP contribution in [0, 0.1) is 5.82 Å². The monoisotopic (exact) mass is 413 g/mol. The predicted molar refractivity (Wildman–Crippen MR) is 105 cm³/mol. The smallest absolute Gasteiger partial charge is 0.305 e. The lowest BCUT2D eigenvalue weighted by Gasteiger charge is -2.11. The van der Waals surface area contributed by atoms with Crippen LogP contribution in [0.5, 0.6) is 0 Å². The highest BCUT2D eigenvalue weighted by atomic mass is 19.4. The summed E-state index contributed by atoms with van der Waals surface area (Å²) < 4.78 is 54.0. The van der Waals surface area contributed by atoms with Crippen LogP contribution in [0.4, 0.5) is 23.5 Å². The summed E-state index contributed by atoms with van der Waals surface area (Å²) >= 11 is 0. The minimum atomic E-state index is -4.51. The van der Waals surface area contributed by atoms with Crippen molar-refractivity contribution in [2.24, 2.45) is 0 Å². The Morgan fingerprint density at radius 3 is 2.33 bits per heavy atom. The molecule has 0 aliphatic heterocycles. The maximum absolute atomic E-state index is 13.1. The Bertz CT molecular complexity index is 1200. The van der Waals surface area contributed by atoms with Crippen LogP contribution >= 0.6 is 0 Å². The molecular weight excluding hydrogens is 398 g/mol. The van der Waals surface area contributed by atoms with Gasteiger partial charge in [-0.05, 0) is 48.0 Å². The molecule has 0 saturated carbocycles. The van der Waals surface area contributed by atoms with E-state index in [1.165, 1.54) is 18.2 Å². The molecule has 4 rings (SSSR count). The zero-order chi connectivity index (χ0) is 21.3. The topological polar surface area (TPSA) is 46.9 Å². The molecule has 0 atom stereocenters. The molecule has 0 aliphatic rings. The van der Waals surface area contributed by atoms with Gasteiger partial charge in [-0.2, -0.15) is 13.2 Å². The first kappa shape index (κ1) is 19.6. The van der Waals surface area contributed by atoms with E-state index < -0.39 is 23.5 Å². The first-order valence-corrected chi connectivity index (χ1v) is 8.99. The number of aromatic nitrogens is 2. The Labute approximate surface area is 168 Å². The molecule has 152 valence electrons. The second-order valence-corrected chi connectivity index (χ2v) is 6.67. The van der Waals surface area contributed by atoms with Crippen LogP contribution in [0.25, 0.3) is 11.0 Å². The van der Waals surface area contributed by atoms with Crippen molar-refractivity contribution in [1.82, 2.24) is 9.55 Å². The molecule has 0 saturated heterocycles. The van der Waals surface area contributed by atoms with E-state index in [9.17, 15) is 22.4 Å². The van der Waals surface area contributed by atoms with E-state index in [1.807, 2.05) is 30.3 Å². The molecule has 30 heavy (non-hydrogen) atoms. The number of carbonyl (C=O) groups excluding carboxylic acids is 1. The number of alkyl halides is 3. The third kappa shape index (κ3) is 4.03. The first-order valence-electron chi connectivity index (χ1n) is 8.99. The third-order valence-corrected chi connectivity index (χ3v) is 4.59. The molecule has 8 heteroatoms. The van der Waals surface area contributed by atoms with Gasteiger partial charge in [-0.1, -0.05) is 30.3 Å². The van der Waals surface area contributed by atoms with Crippen molar-refractivity contribution in [3.63, 3.8) is 0 Å². The van der Waals surface area contributed by atoms with E-state index >= 15 is 0 Å². The Balaban J connectivity index is 1.76. The summed E-state index contributed by atoms with van der Waals surface area (Å²) in [5.41, 5.74) is 0.812. The van der Waals surface area contributed by atoms with Crippen molar-refractivity contribution in [2.75, 3.05) is 5.32 Å². The van der Waals surface area contributed by atoms with Gasteiger partial charge in [-0.3, -0.25) is 10.1 Å². The van der Waals surface area contributed by atoms with E-state index in [1.54, 1.807) is 4.57 Å². The lowest BCUT2D eigenvalue weighted by molar-refractivity contribution is -0.137. The number of amides is 1. The van der Waals surface area contributed by atoms with Crippen LogP contribution in [0.15, 0.2) is 72.8 Å². The summed E-state index contributed by atoms with van der Waals surface area (Å²) in [6.45, 7) is 0.293. The van der Waals surface area contributed by atoms with Crippen LogP contribution < -0.4 is 5.32 Å². The number of nitrogens with one attached hydrogen (secondary N) is 1.